The first-order valence-corrected chi connectivity index (χ1v) is 17.4. The van der Waals surface area contributed by atoms with E-state index in [2.05, 4.69) is 13.2 Å². The van der Waals surface area contributed by atoms with Crippen molar-refractivity contribution in [2.75, 3.05) is 0 Å². The van der Waals surface area contributed by atoms with Crippen LogP contribution in [0.4, 0.5) is 0 Å². The van der Waals surface area contributed by atoms with Gasteiger partial charge in [0.05, 0.1) is 25.2 Å². The van der Waals surface area contributed by atoms with E-state index in [-0.39, 0.29) is 26.2 Å². The van der Waals surface area contributed by atoms with Crippen LogP contribution >= 0.6 is 0 Å². The molecule has 8 heteroatoms. The maximum Gasteiger partial charge on any atom is 0.351 e. The van der Waals surface area contributed by atoms with Gasteiger partial charge in [-0.15, -0.1) is 13.2 Å². The summed E-state index contributed by atoms with van der Waals surface area (Å²) in [5.41, 5.74) is -2.20. The summed E-state index contributed by atoms with van der Waals surface area (Å²) in [4.78, 5) is 27.7. The van der Waals surface area contributed by atoms with Gasteiger partial charge in [0.2, 0.25) is 5.60 Å². The Kier molecular flexibility index (Phi) is 10.2. The van der Waals surface area contributed by atoms with Crippen LogP contribution in [0.15, 0.2) is 116 Å². The van der Waals surface area contributed by atoms with Crippen molar-refractivity contribution in [3.05, 3.63) is 133 Å². The molecule has 8 atom stereocenters. The highest BCUT2D eigenvalue weighted by Crippen LogP contribution is 2.66. The lowest BCUT2D eigenvalue weighted by Crippen LogP contribution is -2.70. The van der Waals surface area contributed by atoms with E-state index in [0.717, 1.165) is 16.7 Å². The molecule has 2 aliphatic carbocycles. The summed E-state index contributed by atoms with van der Waals surface area (Å²) < 4.78 is 32.6. The molecule has 264 valence electrons. The van der Waals surface area contributed by atoms with E-state index in [1.165, 1.54) is 6.08 Å². The Hall–Kier alpha value is -4.08. The first-order valence-electron chi connectivity index (χ1n) is 17.4. The maximum absolute atomic E-state index is 14.6. The Bertz CT molecular complexity index is 1660. The summed E-state index contributed by atoms with van der Waals surface area (Å²) in [7, 11) is 0. The highest BCUT2D eigenvalue weighted by atomic mass is 16.6. The number of hydrogen-bond acceptors (Lipinski definition) is 8. The van der Waals surface area contributed by atoms with Crippen LogP contribution in [0.2, 0.25) is 0 Å². The highest BCUT2D eigenvalue weighted by Gasteiger charge is 2.77. The molecule has 1 heterocycles. The van der Waals surface area contributed by atoms with E-state index >= 15 is 0 Å². The smallest absolute Gasteiger partial charge is 0.351 e. The number of benzene rings is 3. The third kappa shape index (κ3) is 6.13. The number of esters is 2. The van der Waals surface area contributed by atoms with Crippen LogP contribution in [0.25, 0.3) is 0 Å². The predicted octanol–water partition coefficient (Wildman–Crippen LogP) is 6.90. The topological polar surface area (TPSA) is 101 Å². The number of allylic oxidation sites excluding steroid dienone is 1. The fraction of sp³-hybridized carbons (Fsp3) is 0.429. The molecular formula is C42H48O8. The molecule has 0 spiro atoms. The molecule has 3 fully saturated rings. The molecule has 50 heavy (non-hydrogen) atoms. The van der Waals surface area contributed by atoms with E-state index in [4.69, 9.17) is 23.7 Å². The molecule has 1 aliphatic heterocycles. The number of ether oxygens (including phenoxy) is 5. The zero-order chi connectivity index (χ0) is 35.6. The zero-order valence-corrected chi connectivity index (χ0v) is 29.2. The molecule has 1 saturated heterocycles. The fourth-order valence-corrected chi connectivity index (χ4v) is 8.06. The van der Waals surface area contributed by atoms with Gasteiger partial charge in [-0.1, -0.05) is 117 Å². The lowest BCUT2D eigenvalue weighted by atomic mass is 9.66. The molecule has 3 aromatic carbocycles. The lowest BCUT2D eigenvalue weighted by Gasteiger charge is -2.54. The van der Waals surface area contributed by atoms with Crippen molar-refractivity contribution in [2.24, 2.45) is 16.7 Å². The van der Waals surface area contributed by atoms with Crippen molar-refractivity contribution < 1.29 is 38.4 Å². The SMILES string of the molecule is C=CC[C@H]1[C@@H](OC(=O)[C@@]23CC[C@@](C)(C(=O)O2)C3(C)C)[C@@H](OCc2ccccc2)[C@@H](OCc2ccccc2)[C@H](OCc2ccccc2)[C@]1(O)C=C. The van der Waals surface area contributed by atoms with Crippen LogP contribution < -0.4 is 0 Å². The first kappa shape index (κ1) is 35.7. The molecule has 3 aliphatic rings. The third-order valence-electron chi connectivity index (χ3n) is 11.6. The highest BCUT2D eigenvalue weighted by molar-refractivity contribution is 5.93. The number of carbonyl (C=O) groups excluding carboxylic acids is 2. The molecule has 0 radical (unpaired) electrons. The Balaban J connectivity index is 1.43. The van der Waals surface area contributed by atoms with Gasteiger partial charge in [-0.05, 0) is 42.9 Å². The van der Waals surface area contributed by atoms with Crippen LogP contribution in [0.1, 0.15) is 56.7 Å². The van der Waals surface area contributed by atoms with Crippen LogP contribution in [0.5, 0.6) is 0 Å². The minimum absolute atomic E-state index is 0.174. The Morgan fingerprint density at radius 3 is 1.72 bits per heavy atom. The van der Waals surface area contributed by atoms with Gasteiger partial charge in [0.1, 0.15) is 30.0 Å². The first-order chi connectivity index (χ1) is 24.0. The minimum Gasteiger partial charge on any atom is -0.456 e. The van der Waals surface area contributed by atoms with Gasteiger partial charge in [-0.3, -0.25) is 4.79 Å². The van der Waals surface area contributed by atoms with Crippen LogP contribution in [-0.2, 0) is 53.1 Å². The number of carbonyl (C=O) groups is 2. The van der Waals surface area contributed by atoms with E-state index in [9.17, 15) is 14.7 Å². The van der Waals surface area contributed by atoms with Gasteiger partial charge >= 0.3 is 11.9 Å². The zero-order valence-electron chi connectivity index (χ0n) is 29.2. The molecule has 0 unspecified atom stereocenters. The van der Waals surface area contributed by atoms with E-state index in [1.807, 2.05) is 112 Å². The van der Waals surface area contributed by atoms with Gasteiger partial charge in [0.15, 0.2) is 0 Å². The number of fused-ring (bicyclic) bond motifs is 2. The second kappa shape index (κ2) is 14.3. The molecule has 3 aromatic rings. The summed E-state index contributed by atoms with van der Waals surface area (Å²) in [6.45, 7) is 14.2. The Morgan fingerprint density at radius 1 is 0.780 bits per heavy atom. The average Bonchev–Trinajstić information content (AvgIpc) is 3.43. The van der Waals surface area contributed by atoms with Crippen LogP contribution in [-0.4, -0.2) is 52.7 Å². The summed E-state index contributed by atoms with van der Waals surface area (Å²) in [6.07, 6.45) is 0.283. The second-order valence-electron chi connectivity index (χ2n) is 14.5. The number of hydrogen-bond donors (Lipinski definition) is 1. The molecule has 0 aromatic heterocycles. The molecule has 6 rings (SSSR count). The van der Waals surface area contributed by atoms with Crippen molar-refractivity contribution in [3.8, 4) is 0 Å². The van der Waals surface area contributed by atoms with Crippen molar-refractivity contribution in [2.45, 2.75) is 95.5 Å². The van der Waals surface area contributed by atoms with Gasteiger partial charge in [0.25, 0.3) is 0 Å². The summed E-state index contributed by atoms with van der Waals surface area (Å²) in [5.74, 6) is -1.87. The molecule has 1 N–H and O–H groups in total. The van der Waals surface area contributed by atoms with Crippen LogP contribution in [0.3, 0.4) is 0 Å². The maximum atomic E-state index is 14.6. The van der Waals surface area contributed by atoms with Gasteiger partial charge in [-0.25, -0.2) is 4.79 Å². The Morgan fingerprint density at radius 2 is 1.28 bits per heavy atom. The minimum atomic E-state index is -1.76. The normalized spacial score (nSPS) is 32.6. The molecule has 2 bridgehead atoms. The number of aliphatic hydroxyl groups is 1. The van der Waals surface area contributed by atoms with Gasteiger partial charge in [0, 0.05) is 11.3 Å². The van der Waals surface area contributed by atoms with E-state index < -0.39 is 64.3 Å². The molecular weight excluding hydrogens is 632 g/mol. The standard InChI is InChI=1S/C42H48O8/c1-6-17-32-33(49-38(44)42-25-24-40(5,37(43)50-42)39(42,3)4)34(46-26-29-18-11-8-12-19-29)35(47-27-30-20-13-9-14-21-30)36(41(32,45)7-2)48-28-31-22-15-10-16-23-31/h6-16,18-23,32-36,45H,1-2,17,24-28H2,3-5H3/t32-,33+,34+,35+,36-,40-,41-,42+/m0/s1. The van der Waals surface area contributed by atoms with Gasteiger partial charge in [-0.2, -0.15) is 0 Å². The third-order valence-corrected chi connectivity index (χ3v) is 11.6. The molecule has 2 saturated carbocycles. The van der Waals surface area contributed by atoms with Crippen molar-refractivity contribution >= 4 is 11.9 Å². The lowest BCUT2D eigenvalue weighted by molar-refractivity contribution is -0.279. The monoisotopic (exact) mass is 680 g/mol. The number of rotatable bonds is 14. The van der Waals surface area contributed by atoms with Gasteiger partial charge < -0.3 is 28.8 Å². The Labute approximate surface area is 295 Å². The van der Waals surface area contributed by atoms with E-state index in [1.54, 1.807) is 6.08 Å². The average molecular weight is 681 g/mol. The van der Waals surface area contributed by atoms with Crippen molar-refractivity contribution in [3.63, 3.8) is 0 Å². The molecule has 8 nitrogen and oxygen atoms in total. The predicted molar refractivity (Wildman–Crippen MR) is 188 cm³/mol. The second-order valence-corrected chi connectivity index (χ2v) is 14.5. The fourth-order valence-electron chi connectivity index (χ4n) is 8.06. The molecule has 0 amide bonds. The van der Waals surface area contributed by atoms with Crippen molar-refractivity contribution in [1.29, 1.82) is 0 Å². The quantitative estimate of drug-likeness (QED) is 0.145. The summed E-state index contributed by atoms with van der Waals surface area (Å²) in [6, 6.07) is 29.0. The largest absolute Gasteiger partial charge is 0.456 e. The summed E-state index contributed by atoms with van der Waals surface area (Å²) in [5, 5.41) is 12.7. The van der Waals surface area contributed by atoms with E-state index in [0.29, 0.717) is 12.8 Å². The van der Waals surface area contributed by atoms with Crippen molar-refractivity contribution in [1.82, 2.24) is 0 Å². The summed E-state index contributed by atoms with van der Waals surface area (Å²) >= 11 is 0. The van der Waals surface area contributed by atoms with Crippen LogP contribution in [0, 0.1) is 16.7 Å².